The van der Waals surface area contributed by atoms with Crippen LogP contribution in [0.3, 0.4) is 0 Å². The predicted molar refractivity (Wildman–Crippen MR) is 176 cm³/mol. The Morgan fingerprint density at radius 1 is 0.979 bits per heavy atom. The molecule has 0 saturated carbocycles. The molecule has 3 aliphatic rings. The number of aromatic nitrogens is 1. The minimum atomic E-state index is -0.824. The van der Waals surface area contributed by atoms with E-state index in [9.17, 15) is 19.2 Å². The number of likely N-dealkylation sites (tertiary alicyclic amines) is 1. The van der Waals surface area contributed by atoms with E-state index in [2.05, 4.69) is 15.6 Å². The molecule has 1 saturated heterocycles. The molecule has 3 aliphatic heterocycles. The first kappa shape index (κ1) is 33.1. The molecular formula is C34H39N5O8S. The van der Waals surface area contributed by atoms with E-state index >= 15 is 0 Å². The van der Waals surface area contributed by atoms with Crippen molar-refractivity contribution in [2.75, 3.05) is 53.0 Å². The molecule has 1 aromatic heterocycles. The summed E-state index contributed by atoms with van der Waals surface area (Å²) < 4.78 is 23.4. The average Bonchev–Trinajstić information content (AvgIpc) is 3.73. The van der Waals surface area contributed by atoms with E-state index in [1.165, 1.54) is 23.3 Å². The fraction of sp³-hybridized carbons (Fsp3) is 0.441. The van der Waals surface area contributed by atoms with Crippen molar-refractivity contribution in [3.05, 3.63) is 63.6 Å². The van der Waals surface area contributed by atoms with E-state index in [1.54, 1.807) is 46.8 Å². The van der Waals surface area contributed by atoms with Crippen LogP contribution in [0.15, 0.2) is 41.9 Å². The fourth-order valence-electron chi connectivity index (χ4n) is 6.14. The number of rotatable bonds is 3. The van der Waals surface area contributed by atoms with Gasteiger partial charge in [-0.1, -0.05) is 6.07 Å². The van der Waals surface area contributed by atoms with Crippen molar-refractivity contribution < 1.29 is 38.1 Å². The molecule has 2 aromatic carbocycles. The van der Waals surface area contributed by atoms with Gasteiger partial charge in [0.2, 0.25) is 5.91 Å². The highest BCUT2D eigenvalue weighted by atomic mass is 32.1. The van der Waals surface area contributed by atoms with Crippen molar-refractivity contribution in [2.45, 2.75) is 44.8 Å². The molecule has 4 bridgehead atoms. The number of thiazole rings is 1. The number of hydrogen-bond donors (Lipinski definition) is 2. The maximum Gasteiger partial charge on any atom is 0.265 e. The summed E-state index contributed by atoms with van der Waals surface area (Å²) in [6.07, 6.45) is 1.48. The number of hydrogen-bond acceptors (Lipinski definition) is 10. The Balaban J connectivity index is 1.26. The fourth-order valence-corrected chi connectivity index (χ4v) is 6.91. The second-order valence-electron chi connectivity index (χ2n) is 11.8. The third kappa shape index (κ3) is 7.18. The third-order valence-electron chi connectivity index (χ3n) is 8.61. The summed E-state index contributed by atoms with van der Waals surface area (Å²) in [6, 6.07) is 9.20. The Labute approximate surface area is 282 Å². The summed E-state index contributed by atoms with van der Waals surface area (Å²) in [5, 5.41) is 5.94. The van der Waals surface area contributed by atoms with Gasteiger partial charge in [0.15, 0.2) is 23.0 Å². The van der Waals surface area contributed by atoms with Gasteiger partial charge in [0.05, 0.1) is 30.4 Å². The van der Waals surface area contributed by atoms with Gasteiger partial charge in [-0.25, -0.2) is 4.98 Å². The van der Waals surface area contributed by atoms with Crippen LogP contribution in [-0.2, 0) is 4.79 Å². The number of nitrogens with zero attached hydrogens (tertiary/aromatic N) is 3. The predicted octanol–water partition coefficient (Wildman–Crippen LogP) is 3.07. The van der Waals surface area contributed by atoms with Crippen LogP contribution in [0.25, 0.3) is 0 Å². The largest absolute Gasteiger partial charge is 0.493 e. The summed E-state index contributed by atoms with van der Waals surface area (Å²) in [5.41, 5.74) is 3.01. The molecular weight excluding hydrogens is 638 g/mol. The minimum Gasteiger partial charge on any atom is -0.493 e. The maximum atomic E-state index is 14.0. The molecule has 254 valence electrons. The highest BCUT2D eigenvalue weighted by Gasteiger charge is 2.42. The molecule has 4 amide bonds. The third-order valence-corrected chi connectivity index (χ3v) is 9.53. The molecule has 13 nitrogen and oxygen atoms in total. The lowest BCUT2D eigenvalue weighted by Crippen LogP contribution is -2.46. The summed E-state index contributed by atoms with van der Waals surface area (Å²) in [4.78, 5) is 62.4. The van der Waals surface area contributed by atoms with Crippen LogP contribution in [-0.4, -0.2) is 104 Å². The second kappa shape index (κ2) is 14.9. The van der Waals surface area contributed by atoms with Crippen molar-refractivity contribution >= 4 is 35.0 Å². The summed E-state index contributed by atoms with van der Waals surface area (Å²) in [6.45, 7) is 4.27. The summed E-state index contributed by atoms with van der Waals surface area (Å²) in [7, 11) is 1.51. The molecule has 6 rings (SSSR count). The van der Waals surface area contributed by atoms with Crippen LogP contribution < -0.4 is 29.6 Å². The zero-order chi connectivity index (χ0) is 33.6. The standard InChI is InChI=1S/C34H39N5O8S/c1-21-30(48-20-37-21)34(43)38-13-4-3-11-36-32(41)25-18-23(19-39(25)33(42)24-7-5-8-27-29(24)46-16-15-45-27)47-28-17-22(9-10-26(28)44-2)31(40)35-12-6-14-38/h5,7-10,17,20,23,25H,3-4,6,11-16,18-19H2,1-2H3,(H,35,40)(H,36,41)/t23-,25-/m0/s1. The Bertz CT molecular complexity index is 1680. The van der Waals surface area contributed by atoms with Crippen molar-refractivity contribution in [3.8, 4) is 23.0 Å². The topological polar surface area (TPSA) is 149 Å². The van der Waals surface area contributed by atoms with E-state index in [1.807, 2.05) is 6.92 Å². The molecule has 0 radical (unpaired) electrons. The molecule has 2 atom stereocenters. The second-order valence-corrected chi connectivity index (χ2v) is 12.7. The van der Waals surface area contributed by atoms with Crippen molar-refractivity contribution in [3.63, 3.8) is 0 Å². The van der Waals surface area contributed by atoms with Crippen LogP contribution in [0.5, 0.6) is 23.0 Å². The number of carbonyl (C=O) groups excluding carboxylic acids is 4. The Kier molecular flexibility index (Phi) is 10.3. The number of para-hydroxylation sites is 1. The lowest BCUT2D eigenvalue weighted by Gasteiger charge is -2.26. The van der Waals surface area contributed by atoms with Crippen LogP contribution in [0.1, 0.15) is 61.8 Å². The zero-order valence-corrected chi connectivity index (χ0v) is 27.8. The van der Waals surface area contributed by atoms with E-state index < -0.39 is 12.1 Å². The monoisotopic (exact) mass is 677 g/mol. The molecule has 1 fully saturated rings. The van der Waals surface area contributed by atoms with Gasteiger partial charge in [0.25, 0.3) is 17.7 Å². The summed E-state index contributed by atoms with van der Waals surface area (Å²) >= 11 is 1.31. The van der Waals surface area contributed by atoms with Crippen molar-refractivity contribution in [2.24, 2.45) is 0 Å². The molecule has 0 spiro atoms. The van der Waals surface area contributed by atoms with Crippen molar-refractivity contribution in [1.82, 2.24) is 25.4 Å². The first-order chi connectivity index (χ1) is 23.3. The highest BCUT2D eigenvalue weighted by Crippen LogP contribution is 2.37. The van der Waals surface area contributed by atoms with E-state index in [4.69, 9.17) is 18.9 Å². The number of amides is 4. The van der Waals surface area contributed by atoms with E-state index in [0.29, 0.717) is 103 Å². The molecule has 48 heavy (non-hydrogen) atoms. The minimum absolute atomic E-state index is 0.100. The number of aryl methyl sites for hydroxylation is 1. The van der Waals surface area contributed by atoms with Gasteiger partial charge >= 0.3 is 0 Å². The Hall–Kier alpha value is -4.85. The zero-order valence-electron chi connectivity index (χ0n) is 27.0. The van der Waals surface area contributed by atoms with Gasteiger partial charge in [-0.15, -0.1) is 11.3 Å². The number of nitrogens with one attached hydrogen (secondary N) is 2. The van der Waals surface area contributed by atoms with Crippen LogP contribution in [0, 0.1) is 6.92 Å². The first-order valence-corrected chi connectivity index (χ1v) is 17.0. The lowest BCUT2D eigenvalue weighted by atomic mass is 10.1. The SMILES string of the molecule is COc1ccc2cc1O[C@H]1C[C@@H](C(=O)NCCCCN(C(=O)c3scnc3C)CCCNC2=O)N(C(=O)c2cccc3c2OCCO3)C1. The van der Waals surface area contributed by atoms with Gasteiger partial charge < -0.3 is 39.4 Å². The van der Waals surface area contributed by atoms with Crippen LogP contribution in [0.4, 0.5) is 0 Å². The molecule has 4 heterocycles. The van der Waals surface area contributed by atoms with Crippen LogP contribution >= 0.6 is 11.3 Å². The first-order valence-electron chi connectivity index (χ1n) is 16.1. The molecule has 2 N–H and O–H groups in total. The molecule has 0 aliphatic carbocycles. The molecule has 3 aromatic rings. The normalized spacial score (nSPS) is 20.4. The van der Waals surface area contributed by atoms with Gasteiger partial charge in [0.1, 0.15) is 30.2 Å². The Morgan fingerprint density at radius 3 is 2.60 bits per heavy atom. The molecule has 14 heteroatoms. The average molecular weight is 678 g/mol. The number of carbonyl (C=O) groups is 4. The van der Waals surface area contributed by atoms with Gasteiger partial charge in [-0.2, -0.15) is 0 Å². The quantitative estimate of drug-likeness (QED) is 0.427. The Morgan fingerprint density at radius 2 is 1.79 bits per heavy atom. The summed E-state index contributed by atoms with van der Waals surface area (Å²) in [5.74, 6) is 0.495. The van der Waals surface area contributed by atoms with Gasteiger partial charge in [0, 0.05) is 38.2 Å². The lowest BCUT2D eigenvalue weighted by molar-refractivity contribution is -0.124. The maximum absolute atomic E-state index is 14.0. The van der Waals surface area contributed by atoms with Crippen molar-refractivity contribution in [1.29, 1.82) is 0 Å². The van der Waals surface area contributed by atoms with E-state index in [0.717, 1.165) is 0 Å². The number of methoxy groups -OCH3 is 1. The van der Waals surface area contributed by atoms with Gasteiger partial charge in [-0.3, -0.25) is 19.2 Å². The van der Waals surface area contributed by atoms with E-state index in [-0.39, 0.29) is 36.6 Å². The number of benzene rings is 2. The highest BCUT2D eigenvalue weighted by molar-refractivity contribution is 7.11. The number of fused-ring (bicyclic) bond motifs is 5. The number of ether oxygens (including phenoxy) is 4. The smallest absolute Gasteiger partial charge is 0.265 e. The van der Waals surface area contributed by atoms with Gasteiger partial charge in [-0.05, 0) is 56.5 Å². The van der Waals surface area contributed by atoms with Crippen LogP contribution in [0.2, 0.25) is 0 Å². The molecule has 0 unspecified atom stereocenters.